The van der Waals surface area contributed by atoms with Crippen LogP contribution < -0.4 is 14.4 Å². The molecule has 9 nitrogen and oxygen atoms in total. The van der Waals surface area contributed by atoms with Crippen molar-refractivity contribution < 1.29 is 28.1 Å². The van der Waals surface area contributed by atoms with Gasteiger partial charge in [0, 0.05) is 43.7 Å². The Balaban J connectivity index is 1.03. The van der Waals surface area contributed by atoms with Gasteiger partial charge in [-0.2, -0.15) is 0 Å². The van der Waals surface area contributed by atoms with Gasteiger partial charge in [0.15, 0.2) is 11.5 Å². The minimum absolute atomic E-state index is 0.162. The van der Waals surface area contributed by atoms with E-state index < -0.39 is 11.6 Å². The highest BCUT2D eigenvalue weighted by Gasteiger charge is 2.45. The van der Waals surface area contributed by atoms with Gasteiger partial charge in [0.05, 0.1) is 42.6 Å². The number of piperazine rings is 1. The number of anilines is 1. The lowest BCUT2D eigenvalue weighted by Crippen LogP contribution is -2.53. The summed E-state index contributed by atoms with van der Waals surface area (Å²) < 4.78 is 40.8. The summed E-state index contributed by atoms with van der Waals surface area (Å²) in [6, 6.07) is 13.0. The van der Waals surface area contributed by atoms with E-state index in [-0.39, 0.29) is 12.1 Å². The van der Waals surface area contributed by atoms with Crippen LogP contribution in [0.25, 0.3) is 10.3 Å². The van der Waals surface area contributed by atoms with Crippen LogP contribution in [0.1, 0.15) is 54.2 Å². The minimum atomic E-state index is -1.30. The fourth-order valence-corrected chi connectivity index (χ4v) is 8.26. The highest BCUT2D eigenvalue weighted by Crippen LogP contribution is 2.51. The molecule has 0 saturated carbocycles. The molecular formula is C33H34ClFN4O5S. The Bertz CT molecular complexity index is 1780. The van der Waals surface area contributed by atoms with Gasteiger partial charge < -0.3 is 28.4 Å². The number of esters is 1. The van der Waals surface area contributed by atoms with Crippen LogP contribution in [0.3, 0.4) is 0 Å². The zero-order valence-corrected chi connectivity index (χ0v) is 26.7. The Morgan fingerprint density at radius 1 is 1.16 bits per heavy atom. The fraction of sp³-hybridized carbons (Fsp3) is 0.455. The molecule has 0 amide bonds. The summed E-state index contributed by atoms with van der Waals surface area (Å²) >= 11 is 7.40. The number of aromatic nitrogens is 2. The second-order valence-electron chi connectivity index (χ2n) is 12.3. The lowest BCUT2D eigenvalue weighted by atomic mass is 10.1. The van der Waals surface area contributed by atoms with Gasteiger partial charge in [0.1, 0.15) is 21.3 Å². The molecule has 12 heteroatoms. The van der Waals surface area contributed by atoms with Crippen LogP contribution >= 0.6 is 22.9 Å². The molecule has 4 aromatic rings. The maximum atomic E-state index is 14.9. The molecule has 6 heterocycles. The summed E-state index contributed by atoms with van der Waals surface area (Å²) in [5.74, 6) is 0.172. The van der Waals surface area contributed by atoms with Crippen LogP contribution in [0, 0.1) is 5.82 Å². The van der Waals surface area contributed by atoms with E-state index in [0.29, 0.717) is 45.7 Å². The van der Waals surface area contributed by atoms with Crippen molar-refractivity contribution in [1.82, 2.24) is 14.5 Å². The van der Waals surface area contributed by atoms with Gasteiger partial charge in [0.2, 0.25) is 0 Å². The summed E-state index contributed by atoms with van der Waals surface area (Å²) in [4.78, 5) is 23.9. The number of para-hydroxylation sites is 1. The highest BCUT2D eigenvalue weighted by atomic mass is 35.5. The van der Waals surface area contributed by atoms with Crippen molar-refractivity contribution in [2.24, 2.45) is 0 Å². The predicted molar refractivity (Wildman–Crippen MR) is 169 cm³/mol. The van der Waals surface area contributed by atoms with Crippen molar-refractivity contribution in [3.8, 4) is 11.5 Å². The Morgan fingerprint density at radius 2 is 1.96 bits per heavy atom. The van der Waals surface area contributed by atoms with Crippen LogP contribution in [0.5, 0.6) is 11.5 Å². The van der Waals surface area contributed by atoms with Gasteiger partial charge in [-0.15, -0.1) is 11.3 Å². The average molecular weight is 653 g/mol. The van der Waals surface area contributed by atoms with Crippen LogP contribution in [-0.4, -0.2) is 64.9 Å². The van der Waals surface area contributed by atoms with Crippen LogP contribution in [-0.2, 0) is 28.4 Å². The quantitative estimate of drug-likeness (QED) is 0.204. The topological polar surface area (TPSA) is 78.3 Å². The van der Waals surface area contributed by atoms with E-state index >= 15 is 0 Å². The number of benzene rings is 2. The molecule has 3 unspecified atom stereocenters. The van der Waals surface area contributed by atoms with E-state index in [4.69, 9.17) is 35.5 Å². The first-order chi connectivity index (χ1) is 21.8. The van der Waals surface area contributed by atoms with E-state index in [0.717, 1.165) is 73.9 Å². The number of fused-ring (bicyclic) bond motifs is 4. The second kappa shape index (κ2) is 11.2. The molecule has 4 aliphatic rings. The van der Waals surface area contributed by atoms with Crippen molar-refractivity contribution >= 4 is 44.9 Å². The summed E-state index contributed by atoms with van der Waals surface area (Å²) in [7, 11) is 0. The fourth-order valence-electron chi connectivity index (χ4n) is 7.16. The van der Waals surface area contributed by atoms with Gasteiger partial charge in [-0.05, 0) is 62.6 Å². The van der Waals surface area contributed by atoms with Crippen molar-refractivity contribution in [3.05, 3.63) is 69.6 Å². The molecule has 2 aromatic carbocycles. The molecule has 2 aromatic heterocycles. The van der Waals surface area contributed by atoms with E-state index in [2.05, 4.69) is 20.4 Å². The number of ether oxygens (including phenoxy) is 4. The predicted octanol–water partition coefficient (Wildman–Crippen LogP) is 6.35. The third kappa shape index (κ3) is 5.04. The SMILES string of the molecule is CCOC(=O)c1cc2c(nc(CN3C4CCC3CN(c3cccc5c3OC(C)(c3ccc(Cl)cc3F)O5)C4)n2C[C@@H]2CCO2)s1. The molecule has 0 spiro atoms. The van der Waals surface area contributed by atoms with Gasteiger partial charge >= 0.3 is 5.97 Å². The molecule has 3 saturated heterocycles. The third-order valence-corrected chi connectivity index (χ3v) is 10.7. The summed E-state index contributed by atoms with van der Waals surface area (Å²) in [6.45, 7) is 7.79. The first-order valence-electron chi connectivity index (χ1n) is 15.5. The smallest absolute Gasteiger partial charge is 0.348 e. The van der Waals surface area contributed by atoms with Crippen molar-refractivity contribution in [2.45, 2.75) is 70.2 Å². The molecule has 4 aliphatic heterocycles. The molecule has 0 radical (unpaired) electrons. The molecule has 0 N–H and O–H groups in total. The van der Waals surface area contributed by atoms with Crippen LogP contribution in [0.2, 0.25) is 5.02 Å². The first-order valence-corrected chi connectivity index (χ1v) is 16.7. The number of carbonyl (C=O) groups excluding carboxylic acids is 1. The molecule has 2 bridgehead atoms. The molecule has 0 aliphatic carbocycles. The second-order valence-corrected chi connectivity index (χ2v) is 13.7. The van der Waals surface area contributed by atoms with E-state index in [1.807, 2.05) is 25.1 Å². The highest BCUT2D eigenvalue weighted by molar-refractivity contribution is 7.20. The number of nitrogens with zero attached hydrogens (tertiary/aromatic N) is 4. The van der Waals surface area contributed by atoms with E-state index in [1.54, 1.807) is 19.1 Å². The number of imidazole rings is 1. The maximum Gasteiger partial charge on any atom is 0.348 e. The lowest BCUT2D eigenvalue weighted by Gasteiger charge is -2.42. The number of hydrogen-bond acceptors (Lipinski definition) is 9. The normalized spacial score (nSPS) is 25.6. The minimum Gasteiger partial charge on any atom is -0.462 e. The van der Waals surface area contributed by atoms with E-state index in [1.165, 1.54) is 17.4 Å². The Labute approximate surface area is 269 Å². The summed E-state index contributed by atoms with van der Waals surface area (Å²) in [6.07, 6.45) is 3.37. The van der Waals surface area contributed by atoms with Crippen LogP contribution in [0.4, 0.5) is 10.1 Å². The number of hydrogen-bond donors (Lipinski definition) is 0. The molecule has 8 rings (SSSR count). The van der Waals surface area contributed by atoms with Crippen molar-refractivity contribution in [2.75, 3.05) is 31.2 Å². The summed E-state index contributed by atoms with van der Waals surface area (Å²) in [5.41, 5.74) is 2.23. The first kappa shape index (κ1) is 29.1. The standard InChI is InChI=1S/C33H34ClFN4O5S/c1-3-41-32(40)28-14-26-31(45-28)36-29(39(26)17-22-11-12-42-22)18-38-20-8-9-21(38)16-37(15-20)25-5-4-6-27-30(25)44-33(2,43-27)23-10-7-19(34)13-24(23)35/h4-7,10,13-14,20-22H,3,8-9,11-12,15-18H2,1-2H3/t20?,21?,22-,33?/m0/s1. The third-order valence-electron chi connectivity index (χ3n) is 9.46. The maximum absolute atomic E-state index is 14.9. The monoisotopic (exact) mass is 652 g/mol. The summed E-state index contributed by atoms with van der Waals surface area (Å²) in [5, 5.41) is 0.324. The number of carbonyl (C=O) groups is 1. The Hall–Kier alpha value is -3.38. The van der Waals surface area contributed by atoms with Gasteiger partial charge in [-0.3, -0.25) is 4.90 Å². The molecule has 4 atom stereocenters. The molecular weight excluding hydrogens is 619 g/mol. The molecule has 236 valence electrons. The van der Waals surface area contributed by atoms with Crippen LogP contribution in [0.15, 0.2) is 42.5 Å². The number of halogens is 2. The zero-order chi connectivity index (χ0) is 30.9. The van der Waals surface area contributed by atoms with Gasteiger partial charge in [0.25, 0.3) is 5.79 Å². The molecule has 3 fully saturated rings. The average Bonchev–Trinajstić information content (AvgIpc) is 3.69. The van der Waals surface area contributed by atoms with E-state index in [9.17, 15) is 9.18 Å². The Kier molecular flexibility index (Phi) is 7.20. The Morgan fingerprint density at radius 3 is 2.67 bits per heavy atom. The van der Waals surface area contributed by atoms with Crippen molar-refractivity contribution in [3.63, 3.8) is 0 Å². The molecule has 45 heavy (non-hydrogen) atoms. The van der Waals surface area contributed by atoms with Gasteiger partial charge in [-0.1, -0.05) is 17.7 Å². The van der Waals surface area contributed by atoms with Crippen molar-refractivity contribution in [1.29, 1.82) is 0 Å². The van der Waals surface area contributed by atoms with Gasteiger partial charge in [-0.25, -0.2) is 14.2 Å². The lowest BCUT2D eigenvalue weighted by molar-refractivity contribution is -0.0705. The largest absolute Gasteiger partial charge is 0.462 e. The number of rotatable bonds is 8. The zero-order valence-electron chi connectivity index (χ0n) is 25.1. The number of thiophene rings is 1.